The Hall–Kier alpha value is -2.94. The predicted molar refractivity (Wildman–Crippen MR) is 99.8 cm³/mol. The number of nitrogens with one attached hydrogen (secondary N) is 1. The molecule has 1 atom stereocenters. The number of rotatable bonds is 9. The fourth-order valence-electron chi connectivity index (χ4n) is 3.15. The van der Waals surface area contributed by atoms with Crippen molar-refractivity contribution in [2.24, 2.45) is 5.73 Å². The van der Waals surface area contributed by atoms with E-state index >= 15 is 0 Å². The van der Waals surface area contributed by atoms with Gasteiger partial charge in [-0.05, 0) is 18.2 Å². The van der Waals surface area contributed by atoms with Crippen LogP contribution in [0.25, 0.3) is 0 Å². The number of nitrogens with zero attached hydrogens (tertiary/aromatic N) is 2. The highest BCUT2D eigenvalue weighted by atomic mass is 19.4. The van der Waals surface area contributed by atoms with E-state index in [1.54, 1.807) is 5.32 Å². The second-order valence-corrected chi connectivity index (χ2v) is 6.86. The van der Waals surface area contributed by atoms with Gasteiger partial charge in [0.15, 0.2) is 6.04 Å². The average Bonchev–Trinajstić information content (AvgIpc) is 2.66. The van der Waals surface area contributed by atoms with Gasteiger partial charge in [-0.1, -0.05) is 0 Å². The molecule has 1 aliphatic heterocycles. The number of hydrogen-bond donors (Lipinski definition) is 2. The molecule has 33 heavy (non-hydrogen) atoms. The van der Waals surface area contributed by atoms with Crippen LogP contribution < -0.4 is 16.0 Å². The molecule has 0 saturated carbocycles. The van der Waals surface area contributed by atoms with E-state index in [-0.39, 0.29) is 30.3 Å². The first kappa shape index (κ1) is 26.3. The SMILES string of the molecule is NC(=O)[C@H](C(=O)Nc1ccc(N2CCOCC2=O)cc1C(F)(F)F)N(CC(F)F)CC(F)F. The molecule has 1 aromatic rings. The Kier molecular flexibility index (Phi) is 8.60. The van der Waals surface area contributed by atoms with Crippen LogP contribution in [0.1, 0.15) is 5.56 Å². The summed E-state index contributed by atoms with van der Waals surface area (Å²) < 4.78 is 96.8. The number of nitrogens with two attached hydrogens (primary N) is 1. The molecule has 1 heterocycles. The molecule has 0 unspecified atom stereocenters. The van der Waals surface area contributed by atoms with Crippen molar-refractivity contribution in [1.29, 1.82) is 0 Å². The van der Waals surface area contributed by atoms with Gasteiger partial charge in [0, 0.05) is 12.2 Å². The van der Waals surface area contributed by atoms with E-state index in [4.69, 9.17) is 10.5 Å². The van der Waals surface area contributed by atoms with Gasteiger partial charge < -0.3 is 20.7 Å². The van der Waals surface area contributed by atoms with Gasteiger partial charge in [0.05, 0.1) is 30.9 Å². The summed E-state index contributed by atoms with van der Waals surface area (Å²) in [4.78, 5) is 37.2. The normalized spacial score (nSPS) is 15.9. The zero-order valence-electron chi connectivity index (χ0n) is 16.8. The molecule has 0 bridgehead atoms. The van der Waals surface area contributed by atoms with Crippen molar-refractivity contribution in [3.8, 4) is 0 Å². The molecule has 0 aliphatic carbocycles. The molecule has 3 amide bonds. The third-order valence-corrected chi connectivity index (χ3v) is 4.49. The monoisotopic (exact) mass is 488 g/mol. The first-order valence-corrected chi connectivity index (χ1v) is 9.31. The van der Waals surface area contributed by atoms with Crippen molar-refractivity contribution < 1.29 is 49.9 Å². The van der Waals surface area contributed by atoms with Gasteiger partial charge in [-0.2, -0.15) is 13.2 Å². The third-order valence-electron chi connectivity index (χ3n) is 4.49. The fraction of sp³-hybridized carbons (Fsp3) is 0.500. The second kappa shape index (κ2) is 10.8. The number of primary amides is 1. The maximum atomic E-state index is 13.6. The van der Waals surface area contributed by atoms with Gasteiger partial charge in [-0.3, -0.25) is 19.3 Å². The highest BCUT2D eigenvalue weighted by Gasteiger charge is 2.38. The molecular weight excluding hydrogens is 469 g/mol. The van der Waals surface area contributed by atoms with Crippen LogP contribution in [0.4, 0.5) is 42.1 Å². The number of benzene rings is 1. The fourth-order valence-corrected chi connectivity index (χ4v) is 3.15. The van der Waals surface area contributed by atoms with Crippen LogP contribution in [-0.4, -0.2) is 74.4 Å². The van der Waals surface area contributed by atoms with Crippen LogP contribution in [0.3, 0.4) is 0 Å². The Morgan fingerprint density at radius 2 is 1.76 bits per heavy atom. The van der Waals surface area contributed by atoms with Gasteiger partial charge in [0.2, 0.25) is 5.91 Å². The smallest absolute Gasteiger partial charge is 0.370 e. The summed E-state index contributed by atoms with van der Waals surface area (Å²) in [6.45, 7) is -3.19. The lowest BCUT2D eigenvalue weighted by Gasteiger charge is -2.29. The molecule has 0 radical (unpaired) electrons. The Morgan fingerprint density at radius 1 is 1.15 bits per heavy atom. The minimum Gasteiger partial charge on any atom is -0.370 e. The van der Waals surface area contributed by atoms with Crippen molar-refractivity contribution in [2.45, 2.75) is 25.1 Å². The zero-order valence-corrected chi connectivity index (χ0v) is 16.8. The van der Waals surface area contributed by atoms with Crippen molar-refractivity contribution in [3.05, 3.63) is 23.8 Å². The molecule has 1 fully saturated rings. The number of halogens is 7. The molecule has 1 aliphatic rings. The van der Waals surface area contributed by atoms with E-state index in [1.165, 1.54) is 0 Å². The Labute approximate surface area is 182 Å². The maximum absolute atomic E-state index is 13.6. The van der Waals surface area contributed by atoms with Crippen LogP contribution in [0.15, 0.2) is 18.2 Å². The number of morpholine rings is 1. The average molecular weight is 488 g/mol. The highest BCUT2D eigenvalue weighted by Crippen LogP contribution is 2.37. The van der Waals surface area contributed by atoms with Crippen molar-refractivity contribution in [2.75, 3.05) is 43.1 Å². The summed E-state index contributed by atoms with van der Waals surface area (Å²) in [7, 11) is 0. The standard InChI is InChI=1S/C18H19F7N4O4/c19-12(20)6-28(7-13(21)22)15(16(26)31)17(32)27-11-2-1-9(5-10(11)18(23,24)25)29-3-4-33-8-14(29)30/h1-2,5,12-13,15H,3-4,6-8H2,(H2,26,31)(H,27,32)/t15-/m1/s1. The lowest BCUT2D eigenvalue weighted by Crippen LogP contribution is -2.54. The lowest BCUT2D eigenvalue weighted by molar-refractivity contribution is -0.137. The summed E-state index contributed by atoms with van der Waals surface area (Å²) in [5.74, 6) is -3.82. The Morgan fingerprint density at radius 3 is 2.24 bits per heavy atom. The minimum atomic E-state index is -5.05. The number of anilines is 2. The molecular formula is C18H19F7N4O4. The topological polar surface area (TPSA) is 105 Å². The molecule has 1 saturated heterocycles. The highest BCUT2D eigenvalue weighted by molar-refractivity contribution is 6.10. The second-order valence-electron chi connectivity index (χ2n) is 6.86. The molecule has 8 nitrogen and oxygen atoms in total. The number of ether oxygens (including phenoxy) is 1. The maximum Gasteiger partial charge on any atom is 0.418 e. The third kappa shape index (κ3) is 7.02. The van der Waals surface area contributed by atoms with Gasteiger partial charge in [0.25, 0.3) is 24.7 Å². The predicted octanol–water partition coefficient (Wildman–Crippen LogP) is 1.69. The van der Waals surface area contributed by atoms with E-state index in [0.29, 0.717) is 6.07 Å². The minimum absolute atomic E-state index is 0.0260. The number of hydrogen-bond acceptors (Lipinski definition) is 5. The molecule has 0 aromatic heterocycles. The van der Waals surface area contributed by atoms with E-state index in [0.717, 1.165) is 17.0 Å². The van der Waals surface area contributed by atoms with Crippen LogP contribution in [0.5, 0.6) is 0 Å². The number of carbonyl (C=O) groups is 3. The quantitative estimate of drug-likeness (QED) is 0.407. The van der Waals surface area contributed by atoms with Crippen molar-refractivity contribution in [1.82, 2.24) is 4.90 Å². The van der Waals surface area contributed by atoms with Gasteiger partial charge in [0.1, 0.15) is 6.61 Å². The van der Waals surface area contributed by atoms with Crippen LogP contribution in [-0.2, 0) is 25.3 Å². The van der Waals surface area contributed by atoms with E-state index < -0.39 is 67.1 Å². The van der Waals surface area contributed by atoms with Crippen molar-refractivity contribution >= 4 is 29.1 Å². The van der Waals surface area contributed by atoms with Gasteiger partial charge >= 0.3 is 6.18 Å². The summed E-state index contributed by atoms with van der Waals surface area (Å²) in [6.07, 6.45) is -11.5. The first-order valence-electron chi connectivity index (χ1n) is 9.31. The number of amides is 3. The molecule has 2 rings (SSSR count). The molecule has 15 heteroatoms. The molecule has 3 N–H and O–H groups in total. The van der Waals surface area contributed by atoms with Gasteiger partial charge in [-0.15, -0.1) is 0 Å². The zero-order chi connectivity index (χ0) is 24.9. The summed E-state index contributed by atoms with van der Waals surface area (Å²) in [5.41, 5.74) is 2.52. The first-order chi connectivity index (χ1) is 15.3. The molecule has 184 valence electrons. The summed E-state index contributed by atoms with van der Waals surface area (Å²) in [6, 6.07) is 0.0218. The van der Waals surface area contributed by atoms with Crippen molar-refractivity contribution in [3.63, 3.8) is 0 Å². The Balaban J connectivity index is 2.38. The Bertz CT molecular complexity index is 872. The number of carbonyl (C=O) groups excluding carboxylic acids is 3. The molecule has 0 spiro atoms. The molecule has 1 aromatic carbocycles. The van der Waals surface area contributed by atoms with Crippen LogP contribution >= 0.6 is 0 Å². The number of alkyl halides is 7. The van der Waals surface area contributed by atoms with E-state index in [9.17, 15) is 45.1 Å². The summed E-state index contributed by atoms with van der Waals surface area (Å²) >= 11 is 0. The van der Waals surface area contributed by atoms with Crippen LogP contribution in [0, 0.1) is 0 Å². The van der Waals surface area contributed by atoms with Crippen LogP contribution in [0.2, 0.25) is 0 Å². The van der Waals surface area contributed by atoms with Gasteiger partial charge in [-0.25, -0.2) is 17.6 Å². The summed E-state index contributed by atoms with van der Waals surface area (Å²) in [5, 5.41) is 1.75. The largest absolute Gasteiger partial charge is 0.418 e. The van der Waals surface area contributed by atoms with E-state index in [1.807, 2.05) is 0 Å². The van der Waals surface area contributed by atoms with E-state index in [2.05, 4.69) is 0 Å². The lowest BCUT2D eigenvalue weighted by atomic mass is 10.1.